The molecule has 3 saturated carbocycles. The minimum Gasteiger partial charge on any atom is -0.393 e. The van der Waals surface area contributed by atoms with Crippen LogP contribution in [0.25, 0.3) is 0 Å². The van der Waals surface area contributed by atoms with Gasteiger partial charge in [-0.3, -0.25) is 0 Å². The van der Waals surface area contributed by atoms with E-state index < -0.39 is 0 Å². The van der Waals surface area contributed by atoms with Crippen LogP contribution in [0.1, 0.15) is 116 Å². The molecule has 1 nitrogen and oxygen atoms in total. The molecule has 0 spiro atoms. The van der Waals surface area contributed by atoms with Crippen LogP contribution < -0.4 is 0 Å². The molecular formula is C24H44O. The predicted molar refractivity (Wildman–Crippen MR) is 108 cm³/mol. The number of aliphatic hydroxyl groups is 1. The highest BCUT2D eigenvalue weighted by molar-refractivity contribution is 4.89. The summed E-state index contributed by atoms with van der Waals surface area (Å²) >= 11 is 0. The van der Waals surface area contributed by atoms with Gasteiger partial charge in [-0.2, -0.15) is 0 Å². The second-order valence-corrected chi connectivity index (χ2v) is 9.90. The van der Waals surface area contributed by atoms with Gasteiger partial charge in [0.15, 0.2) is 0 Å². The smallest absolute Gasteiger partial charge is 0.0543 e. The molecule has 146 valence electrons. The Morgan fingerprint density at radius 1 is 0.600 bits per heavy atom. The molecule has 0 saturated heterocycles. The van der Waals surface area contributed by atoms with Crippen molar-refractivity contribution in [1.82, 2.24) is 0 Å². The third-order valence-electron chi connectivity index (χ3n) is 8.15. The van der Waals surface area contributed by atoms with Gasteiger partial charge in [0.25, 0.3) is 0 Å². The SMILES string of the molecule is CCCCCCCCC1CCC(C2CCC3CC(O)CCC3C2)CC1. The van der Waals surface area contributed by atoms with Crippen LogP contribution in [0.5, 0.6) is 0 Å². The van der Waals surface area contributed by atoms with Crippen LogP contribution >= 0.6 is 0 Å². The second-order valence-electron chi connectivity index (χ2n) is 9.90. The fraction of sp³-hybridized carbons (Fsp3) is 1.00. The first-order chi connectivity index (χ1) is 12.3. The minimum atomic E-state index is 0.0233. The van der Waals surface area contributed by atoms with Gasteiger partial charge in [0, 0.05) is 0 Å². The first-order valence-electron chi connectivity index (χ1n) is 11.9. The van der Waals surface area contributed by atoms with Crippen LogP contribution in [0.15, 0.2) is 0 Å². The molecule has 0 aromatic rings. The standard InChI is InChI=1S/C24H44O/c1-2-3-4-5-6-7-8-19-9-11-20(12-10-19)21-13-14-23-18-24(25)16-15-22(23)17-21/h19-25H,2-18H2,1H3. The maximum atomic E-state index is 9.92. The fourth-order valence-corrected chi connectivity index (χ4v) is 6.49. The molecule has 0 amide bonds. The Hall–Kier alpha value is -0.0400. The lowest BCUT2D eigenvalue weighted by Gasteiger charge is -2.44. The Balaban J connectivity index is 1.30. The molecule has 3 fully saturated rings. The Morgan fingerprint density at radius 2 is 1.16 bits per heavy atom. The molecule has 4 atom stereocenters. The predicted octanol–water partition coefficient (Wildman–Crippen LogP) is 7.12. The number of fused-ring (bicyclic) bond motifs is 1. The molecule has 3 rings (SSSR count). The summed E-state index contributed by atoms with van der Waals surface area (Å²) < 4.78 is 0. The van der Waals surface area contributed by atoms with E-state index in [0.29, 0.717) is 0 Å². The topological polar surface area (TPSA) is 20.2 Å². The summed E-state index contributed by atoms with van der Waals surface area (Å²) in [6, 6.07) is 0. The fourth-order valence-electron chi connectivity index (χ4n) is 6.49. The first-order valence-corrected chi connectivity index (χ1v) is 11.9. The van der Waals surface area contributed by atoms with Gasteiger partial charge in [-0.05, 0) is 81.0 Å². The normalized spacial score (nSPS) is 39.1. The molecule has 0 aromatic carbocycles. The summed E-state index contributed by atoms with van der Waals surface area (Å²) in [5.74, 6) is 4.97. The van der Waals surface area contributed by atoms with E-state index >= 15 is 0 Å². The number of rotatable bonds is 8. The average molecular weight is 349 g/mol. The molecule has 3 aliphatic carbocycles. The van der Waals surface area contributed by atoms with Gasteiger partial charge >= 0.3 is 0 Å². The summed E-state index contributed by atoms with van der Waals surface area (Å²) in [6.07, 6.45) is 24.3. The molecular weight excluding hydrogens is 304 g/mol. The summed E-state index contributed by atoms with van der Waals surface area (Å²) in [6.45, 7) is 2.31. The van der Waals surface area contributed by atoms with Crippen molar-refractivity contribution >= 4 is 0 Å². The number of hydrogen-bond acceptors (Lipinski definition) is 1. The van der Waals surface area contributed by atoms with Crippen molar-refractivity contribution in [3.63, 3.8) is 0 Å². The third-order valence-corrected chi connectivity index (χ3v) is 8.15. The Labute approximate surface area is 157 Å². The van der Waals surface area contributed by atoms with E-state index in [0.717, 1.165) is 42.4 Å². The summed E-state index contributed by atoms with van der Waals surface area (Å²) in [5.41, 5.74) is 0. The van der Waals surface area contributed by atoms with Gasteiger partial charge in [0.2, 0.25) is 0 Å². The van der Waals surface area contributed by atoms with Crippen molar-refractivity contribution in [3.8, 4) is 0 Å². The van der Waals surface area contributed by atoms with Crippen LogP contribution in [0.4, 0.5) is 0 Å². The lowest BCUT2D eigenvalue weighted by Crippen LogP contribution is -2.35. The quantitative estimate of drug-likeness (QED) is 0.463. The van der Waals surface area contributed by atoms with E-state index in [1.54, 1.807) is 0 Å². The van der Waals surface area contributed by atoms with E-state index in [-0.39, 0.29) is 6.10 Å². The monoisotopic (exact) mass is 348 g/mol. The Morgan fingerprint density at radius 3 is 1.92 bits per heavy atom. The van der Waals surface area contributed by atoms with Crippen LogP contribution in [-0.2, 0) is 0 Å². The zero-order valence-electron chi connectivity index (χ0n) is 16.9. The Kier molecular flexibility index (Phi) is 8.15. The summed E-state index contributed by atoms with van der Waals surface area (Å²) in [4.78, 5) is 0. The van der Waals surface area contributed by atoms with Crippen molar-refractivity contribution in [2.75, 3.05) is 0 Å². The van der Waals surface area contributed by atoms with Gasteiger partial charge in [-0.25, -0.2) is 0 Å². The van der Waals surface area contributed by atoms with E-state index in [1.807, 2.05) is 0 Å². The molecule has 0 radical (unpaired) electrons. The first kappa shape index (κ1) is 19.7. The summed E-state index contributed by atoms with van der Waals surface area (Å²) in [5, 5.41) is 9.92. The van der Waals surface area contributed by atoms with Gasteiger partial charge in [0.1, 0.15) is 0 Å². The highest BCUT2D eigenvalue weighted by Crippen LogP contribution is 2.48. The average Bonchev–Trinajstić information content (AvgIpc) is 2.64. The van der Waals surface area contributed by atoms with Gasteiger partial charge in [0.05, 0.1) is 6.10 Å². The molecule has 25 heavy (non-hydrogen) atoms. The highest BCUT2D eigenvalue weighted by atomic mass is 16.3. The molecule has 0 bridgehead atoms. The van der Waals surface area contributed by atoms with Crippen molar-refractivity contribution < 1.29 is 5.11 Å². The maximum absolute atomic E-state index is 9.92. The number of aliphatic hydroxyl groups excluding tert-OH is 1. The molecule has 0 aromatic heterocycles. The molecule has 0 heterocycles. The van der Waals surface area contributed by atoms with Crippen LogP contribution in [0.3, 0.4) is 0 Å². The van der Waals surface area contributed by atoms with E-state index in [4.69, 9.17) is 0 Å². The van der Waals surface area contributed by atoms with Crippen molar-refractivity contribution in [2.45, 2.75) is 122 Å². The molecule has 4 unspecified atom stereocenters. The largest absolute Gasteiger partial charge is 0.393 e. The molecule has 3 aliphatic rings. The van der Waals surface area contributed by atoms with E-state index in [9.17, 15) is 5.11 Å². The van der Waals surface area contributed by atoms with Gasteiger partial charge in [-0.15, -0.1) is 0 Å². The molecule has 1 N–H and O–H groups in total. The number of unbranched alkanes of at least 4 members (excludes halogenated alkanes) is 5. The maximum Gasteiger partial charge on any atom is 0.0543 e. The lowest BCUT2D eigenvalue weighted by molar-refractivity contribution is 0.0189. The zero-order valence-corrected chi connectivity index (χ0v) is 16.9. The van der Waals surface area contributed by atoms with Gasteiger partial charge < -0.3 is 5.11 Å². The van der Waals surface area contributed by atoms with Crippen molar-refractivity contribution in [3.05, 3.63) is 0 Å². The molecule has 1 heteroatoms. The number of hydrogen-bond donors (Lipinski definition) is 1. The van der Waals surface area contributed by atoms with E-state index in [1.165, 1.54) is 96.3 Å². The highest BCUT2D eigenvalue weighted by Gasteiger charge is 2.38. The molecule has 0 aliphatic heterocycles. The van der Waals surface area contributed by atoms with Gasteiger partial charge in [-0.1, -0.05) is 64.7 Å². The summed E-state index contributed by atoms with van der Waals surface area (Å²) in [7, 11) is 0. The lowest BCUT2D eigenvalue weighted by atomic mass is 9.62. The zero-order chi connectivity index (χ0) is 17.5. The van der Waals surface area contributed by atoms with Crippen LogP contribution in [-0.4, -0.2) is 11.2 Å². The van der Waals surface area contributed by atoms with E-state index in [2.05, 4.69) is 6.92 Å². The van der Waals surface area contributed by atoms with Crippen molar-refractivity contribution in [1.29, 1.82) is 0 Å². The third kappa shape index (κ3) is 5.98. The second kappa shape index (κ2) is 10.3. The van der Waals surface area contributed by atoms with Crippen LogP contribution in [0.2, 0.25) is 0 Å². The Bertz CT molecular complexity index is 357. The van der Waals surface area contributed by atoms with Crippen molar-refractivity contribution in [2.24, 2.45) is 29.6 Å². The minimum absolute atomic E-state index is 0.0233. The van der Waals surface area contributed by atoms with Crippen LogP contribution in [0, 0.1) is 29.6 Å².